The van der Waals surface area contributed by atoms with E-state index in [4.69, 9.17) is 4.74 Å². The lowest BCUT2D eigenvalue weighted by Crippen LogP contribution is -2.35. The fourth-order valence-corrected chi connectivity index (χ4v) is 3.27. The van der Waals surface area contributed by atoms with Crippen molar-refractivity contribution in [1.29, 1.82) is 0 Å². The first-order valence-corrected chi connectivity index (χ1v) is 8.06. The molecule has 19 heavy (non-hydrogen) atoms. The quantitative estimate of drug-likeness (QED) is 0.692. The van der Waals surface area contributed by atoms with Crippen LogP contribution in [-0.2, 0) is 21.3 Å². The average molecular weight is 286 g/mol. The molecule has 0 aromatic carbocycles. The molecule has 0 unspecified atom stereocenters. The lowest BCUT2D eigenvalue weighted by Gasteiger charge is -2.21. The van der Waals surface area contributed by atoms with Crippen LogP contribution >= 0.6 is 0 Å². The van der Waals surface area contributed by atoms with Crippen molar-refractivity contribution in [2.75, 3.05) is 26.0 Å². The topological polar surface area (TPSA) is 59.5 Å². The van der Waals surface area contributed by atoms with Gasteiger partial charge in [0.25, 0.3) is 0 Å². The lowest BCUT2D eigenvalue weighted by molar-refractivity contribution is 0.177. The Morgan fingerprint density at radius 1 is 1.42 bits per heavy atom. The highest BCUT2D eigenvalue weighted by molar-refractivity contribution is 7.89. The highest BCUT2D eigenvalue weighted by Gasteiger charge is 2.21. The Morgan fingerprint density at radius 2 is 2.21 bits per heavy atom. The van der Waals surface area contributed by atoms with Gasteiger partial charge in [-0.25, -0.2) is 8.42 Å². The summed E-state index contributed by atoms with van der Waals surface area (Å²) < 4.78 is 31.0. The summed E-state index contributed by atoms with van der Waals surface area (Å²) in [5.74, 6) is 0.188. The summed E-state index contributed by atoms with van der Waals surface area (Å²) in [4.78, 5) is 4.01. The molecule has 108 valence electrons. The van der Waals surface area contributed by atoms with Crippen LogP contribution in [0.2, 0.25) is 0 Å². The Balaban J connectivity index is 2.76. The van der Waals surface area contributed by atoms with Crippen LogP contribution in [0, 0.1) is 0 Å². The highest BCUT2D eigenvalue weighted by atomic mass is 32.2. The van der Waals surface area contributed by atoms with Gasteiger partial charge in [-0.05, 0) is 18.1 Å². The SMILES string of the molecule is CCCCS(=O)(=O)N(CCOC)Cc1cccnc1. The first-order valence-electron chi connectivity index (χ1n) is 6.46. The molecule has 0 aliphatic carbocycles. The largest absolute Gasteiger partial charge is 0.383 e. The third-order valence-electron chi connectivity index (χ3n) is 2.78. The molecular formula is C13H22N2O3S. The van der Waals surface area contributed by atoms with Crippen LogP contribution in [0.3, 0.4) is 0 Å². The lowest BCUT2D eigenvalue weighted by atomic mass is 10.3. The van der Waals surface area contributed by atoms with Crippen molar-refractivity contribution in [3.63, 3.8) is 0 Å². The van der Waals surface area contributed by atoms with E-state index in [1.807, 2.05) is 19.1 Å². The van der Waals surface area contributed by atoms with Crippen LogP contribution in [0.1, 0.15) is 25.3 Å². The van der Waals surface area contributed by atoms with Crippen molar-refractivity contribution in [2.24, 2.45) is 0 Å². The smallest absolute Gasteiger partial charge is 0.214 e. The second-order valence-corrected chi connectivity index (χ2v) is 6.45. The Morgan fingerprint density at radius 3 is 2.79 bits per heavy atom. The third kappa shape index (κ3) is 5.67. The number of sulfonamides is 1. The summed E-state index contributed by atoms with van der Waals surface area (Å²) in [6.45, 7) is 3.10. The molecule has 0 N–H and O–H groups in total. The number of rotatable bonds is 9. The molecule has 0 atom stereocenters. The standard InChI is InChI=1S/C13H22N2O3S/c1-3-4-10-19(16,17)15(8-9-18-2)12-13-6-5-7-14-11-13/h5-7,11H,3-4,8-10,12H2,1-2H3. The van der Waals surface area contributed by atoms with Crippen LogP contribution in [0.15, 0.2) is 24.5 Å². The maximum absolute atomic E-state index is 12.2. The monoisotopic (exact) mass is 286 g/mol. The van der Waals surface area contributed by atoms with E-state index in [-0.39, 0.29) is 5.75 Å². The normalized spacial score (nSPS) is 11.9. The average Bonchev–Trinajstić information content (AvgIpc) is 2.42. The molecule has 0 aliphatic rings. The van der Waals surface area contributed by atoms with E-state index in [2.05, 4.69) is 4.98 Å². The van der Waals surface area contributed by atoms with Crippen molar-refractivity contribution < 1.29 is 13.2 Å². The van der Waals surface area contributed by atoms with Crippen LogP contribution in [0.4, 0.5) is 0 Å². The molecule has 1 heterocycles. The molecule has 0 saturated heterocycles. The maximum atomic E-state index is 12.2. The van der Waals surface area contributed by atoms with Crippen LogP contribution in [-0.4, -0.2) is 43.7 Å². The molecule has 0 fully saturated rings. The molecule has 1 rings (SSSR count). The van der Waals surface area contributed by atoms with Crippen molar-refractivity contribution in [2.45, 2.75) is 26.3 Å². The third-order valence-corrected chi connectivity index (χ3v) is 4.68. The van der Waals surface area contributed by atoms with E-state index < -0.39 is 10.0 Å². The van der Waals surface area contributed by atoms with Gasteiger partial charge in [0.05, 0.1) is 12.4 Å². The Bertz CT molecular complexity index is 448. The Hall–Kier alpha value is -0.980. The van der Waals surface area contributed by atoms with Crippen molar-refractivity contribution in [1.82, 2.24) is 9.29 Å². The van der Waals surface area contributed by atoms with Gasteiger partial charge < -0.3 is 4.74 Å². The van der Waals surface area contributed by atoms with Crippen LogP contribution in [0.5, 0.6) is 0 Å². The molecule has 0 bridgehead atoms. The summed E-state index contributed by atoms with van der Waals surface area (Å²) in [5.41, 5.74) is 0.888. The predicted octanol–water partition coefficient (Wildman–Crippen LogP) is 1.66. The van der Waals surface area contributed by atoms with Crippen molar-refractivity contribution >= 4 is 10.0 Å². The van der Waals surface area contributed by atoms with Crippen LogP contribution < -0.4 is 0 Å². The molecule has 1 aromatic rings. The second kappa shape index (κ2) is 8.24. The Kier molecular flexibility index (Phi) is 6.97. The molecule has 5 nitrogen and oxygen atoms in total. The fourth-order valence-electron chi connectivity index (χ4n) is 1.66. The molecule has 0 radical (unpaired) electrons. The molecule has 0 aliphatic heterocycles. The predicted molar refractivity (Wildman–Crippen MR) is 75.2 cm³/mol. The number of hydrogen-bond acceptors (Lipinski definition) is 4. The van der Waals surface area contributed by atoms with Gasteiger partial charge in [0.2, 0.25) is 10.0 Å². The minimum atomic E-state index is -3.23. The van der Waals surface area contributed by atoms with E-state index in [0.29, 0.717) is 26.1 Å². The molecule has 0 amide bonds. The number of unbranched alkanes of at least 4 members (excludes halogenated alkanes) is 1. The number of aromatic nitrogens is 1. The van der Waals surface area contributed by atoms with Gasteiger partial charge in [0.15, 0.2) is 0 Å². The summed E-state index contributed by atoms with van der Waals surface area (Å²) in [6, 6.07) is 3.69. The van der Waals surface area contributed by atoms with Crippen molar-refractivity contribution in [3.8, 4) is 0 Å². The van der Waals surface area contributed by atoms with Gasteiger partial charge in [0, 0.05) is 32.6 Å². The van der Waals surface area contributed by atoms with Gasteiger partial charge in [0.1, 0.15) is 0 Å². The number of hydrogen-bond donors (Lipinski definition) is 0. The van der Waals surface area contributed by atoms with Gasteiger partial charge in [-0.3, -0.25) is 4.98 Å². The maximum Gasteiger partial charge on any atom is 0.214 e. The first kappa shape index (κ1) is 16.1. The zero-order valence-corrected chi connectivity index (χ0v) is 12.4. The second-order valence-electron chi connectivity index (χ2n) is 4.36. The zero-order chi connectivity index (χ0) is 14.1. The Labute approximate surface area is 115 Å². The summed E-state index contributed by atoms with van der Waals surface area (Å²) in [5, 5.41) is 0. The molecule has 6 heteroatoms. The minimum absolute atomic E-state index is 0.188. The van der Waals surface area contributed by atoms with E-state index in [0.717, 1.165) is 12.0 Å². The zero-order valence-electron chi connectivity index (χ0n) is 11.6. The van der Waals surface area contributed by atoms with E-state index >= 15 is 0 Å². The minimum Gasteiger partial charge on any atom is -0.383 e. The van der Waals surface area contributed by atoms with E-state index in [1.165, 1.54) is 4.31 Å². The molecule has 0 spiro atoms. The highest BCUT2D eigenvalue weighted by Crippen LogP contribution is 2.10. The van der Waals surface area contributed by atoms with Crippen LogP contribution in [0.25, 0.3) is 0 Å². The van der Waals surface area contributed by atoms with Gasteiger partial charge in [-0.1, -0.05) is 19.4 Å². The number of ether oxygens (including phenoxy) is 1. The number of pyridine rings is 1. The van der Waals surface area contributed by atoms with E-state index in [9.17, 15) is 8.42 Å². The van der Waals surface area contributed by atoms with Gasteiger partial charge in [-0.2, -0.15) is 4.31 Å². The molecule has 1 aromatic heterocycles. The molecular weight excluding hydrogens is 264 g/mol. The number of methoxy groups -OCH3 is 1. The van der Waals surface area contributed by atoms with Gasteiger partial charge in [-0.15, -0.1) is 0 Å². The summed E-state index contributed by atoms with van der Waals surface area (Å²) >= 11 is 0. The fraction of sp³-hybridized carbons (Fsp3) is 0.615. The van der Waals surface area contributed by atoms with E-state index in [1.54, 1.807) is 19.5 Å². The van der Waals surface area contributed by atoms with Crippen molar-refractivity contribution in [3.05, 3.63) is 30.1 Å². The first-order chi connectivity index (χ1) is 9.10. The van der Waals surface area contributed by atoms with Gasteiger partial charge >= 0.3 is 0 Å². The molecule has 0 saturated carbocycles. The summed E-state index contributed by atoms with van der Waals surface area (Å²) in [6.07, 6.45) is 4.91. The number of nitrogens with zero attached hydrogens (tertiary/aromatic N) is 2. The summed E-state index contributed by atoms with van der Waals surface area (Å²) in [7, 11) is -1.66.